The Kier molecular flexibility index (Phi) is 4.26. The molecular formula is C19H14Cl2N4O. The van der Waals surface area contributed by atoms with Crippen molar-refractivity contribution in [3.63, 3.8) is 0 Å². The first-order valence-corrected chi connectivity index (χ1v) is 8.75. The van der Waals surface area contributed by atoms with E-state index in [1.807, 2.05) is 31.2 Å². The van der Waals surface area contributed by atoms with Gasteiger partial charge in [0.15, 0.2) is 0 Å². The summed E-state index contributed by atoms with van der Waals surface area (Å²) in [6.07, 6.45) is 3.89. The Morgan fingerprint density at radius 3 is 2.69 bits per heavy atom. The smallest absolute Gasteiger partial charge is 0.274 e. The van der Waals surface area contributed by atoms with E-state index in [-0.39, 0.29) is 5.56 Å². The molecule has 4 rings (SSSR count). The first kappa shape index (κ1) is 16.8. The van der Waals surface area contributed by atoms with E-state index in [0.717, 1.165) is 22.4 Å². The van der Waals surface area contributed by atoms with Crippen LogP contribution in [-0.2, 0) is 6.42 Å². The maximum absolute atomic E-state index is 12.5. The number of halogens is 2. The van der Waals surface area contributed by atoms with Gasteiger partial charge in [-0.3, -0.25) is 9.78 Å². The largest absolute Gasteiger partial charge is 0.339 e. The second-order valence-corrected chi connectivity index (χ2v) is 6.76. The van der Waals surface area contributed by atoms with Gasteiger partial charge < -0.3 is 4.98 Å². The van der Waals surface area contributed by atoms with E-state index >= 15 is 0 Å². The lowest BCUT2D eigenvalue weighted by molar-refractivity contribution is 0.882. The van der Waals surface area contributed by atoms with Crippen LogP contribution >= 0.6 is 23.2 Å². The molecule has 3 aromatic heterocycles. The summed E-state index contributed by atoms with van der Waals surface area (Å²) in [7, 11) is 0. The first-order valence-electron chi connectivity index (χ1n) is 7.99. The number of aromatic nitrogens is 4. The van der Waals surface area contributed by atoms with Crippen molar-refractivity contribution in [2.45, 2.75) is 13.3 Å². The lowest BCUT2D eigenvalue weighted by Gasteiger charge is -2.07. The molecule has 0 spiro atoms. The molecule has 3 heterocycles. The Balaban J connectivity index is 1.90. The van der Waals surface area contributed by atoms with Gasteiger partial charge in [0, 0.05) is 36.0 Å². The Hall–Kier alpha value is -2.63. The summed E-state index contributed by atoms with van der Waals surface area (Å²) in [5.74, 6) is 0. The van der Waals surface area contributed by atoms with E-state index in [1.54, 1.807) is 18.5 Å². The summed E-state index contributed by atoms with van der Waals surface area (Å²) >= 11 is 12.5. The minimum atomic E-state index is -0.197. The lowest BCUT2D eigenvalue weighted by atomic mass is 10.1. The van der Waals surface area contributed by atoms with Crippen molar-refractivity contribution >= 4 is 28.8 Å². The maximum Gasteiger partial charge on any atom is 0.274 e. The van der Waals surface area contributed by atoms with Gasteiger partial charge in [-0.15, -0.1) is 0 Å². The molecule has 0 radical (unpaired) electrons. The van der Waals surface area contributed by atoms with Crippen molar-refractivity contribution in [2.75, 3.05) is 0 Å². The number of nitrogens with zero attached hydrogens (tertiary/aromatic N) is 3. The van der Waals surface area contributed by atoms with Gasteiger partial charge in [-0.1, -0.05) is 35.3 Å². The van der Waals surface area contributed by atoms with Crippen molar-refractivity contribution in [3.05, 3.63) is 86.0 Å². The van der Waals surface area contributed by atoms with Crippen molar-refractivity contribution in [2.24, 2.45) is 0 Å². The second-order valence-electron chi connectivity index (χ2n) is 5.97. The predicted molar refractivity (Wildman–Crippen MR) is 103 cm³/mol. The quantitative estimate of drug-likeness (QED) is 0.572. The third kappa shape index (κ3) is 2.89. The highest BCUT2D eigenvalue weighted by atomic mass is 35.5. The van der Waals surface area contributed by atoms with Crippen LogP contribution in [0.15, 0.2) is 53.6 Å². The molecule has 0 saturated carbocycles. The van der Waals surface area contributed by atoms with Gasteiger partial charge in [0.25, 0.3) is 5.56 Å². The summed E-state index contributed by atoms with van der Waals surface area (Å²) in [5, 5.41) is 5.40. The van der Waals surface area contributed by atoms with E-state index < -0.39 is 0 Å². The van der Waals surface area contributed by atoms with Crippen LogP contribution < -0.4 is 5.56 Å². The SMILES string of the molecule is Cc1nn2c(=O)cc(-c3ccncc3)[nH]c2c1Cc1cccc(Cl)c1Cl. The number of nitrogens with one attached hydrogen (secondary N) is 1. The van der Waals surface area contributed by atoms with Crippen LogP contribution in [-0.4, -0.2) is 19.6 Å². The molecule has 0 amide bonds. The van der Waals surface area contributed by atoms with Crippen molar-refractivity contribution in [3.8, 4) is 11.3 Å². The van der Waals surface area contributed by atoms with Gasteiger partial charge in [-0.2, -0.15) is 9.61 Å². The number of aromatic amines is 1. The molecule has 0 bridgehead atoms. The number of H-pyrrole nitrogens is 1. The molecule has 0 aliphatic rings. The molecule has 7 heteroatoms. The Morgan fingerprint density at radius 1 is 1.15 bits per heavy atom. The van der Waals surface area contributed by atoms with Crippen LogP contribution in [0.2, 0.25) is 10.0 Å². The van der Waals surface area contributed by atoms with Crippen molar-refractivity contribution < 1.29 is 0 Å². The fraction of sp³-hybridized carbons (Fsp3) is 0.105. The zero-order valence-electron chi connectivity index (χ0n) is 13.8. The van der Waals surface area contributed by atoms with E-state index in [4.69, 9.17) is 23.2 Å². The number of rotatable bonds is 3. The van der Waals surface area contributed by atoms with Gasteiger partial charge in [-0.05, 0) is 30.7 Å². The average Bonchev–Trinajstić information content (AvgIpc) is 2.96. The molecule has 26 heavy (non-hydrogen) atoms. The molecule has 0 saturated heterocycles. The molecule has 1 aromatic carbocycles. The lowest BCUT2D eigenvalue weighted by Crippen LogP contribution is -2.14. The fourth-order valence-electron chi connectivity index (χ4n) is 2.97. The number of hydrogen-bond acceptors (Lipinski definition) is 3. The van der Waals surface area contributed by atoms with Crippen LogP contribution in [0.4, 0.5) is 0 Å². The normalized spacial score (nSPS) is 11.2. The van der Waals surface area contributed by atoms with E-state index in [9.17, 15) is 4.79 Å². The minimum Gasteiger partial charge on any atom is -0.339 e. The summed E-state index contributed by atoms with van der Waals surface area (Å²) in [6, 6.07) is 10.7. The zero-order chi connectivity index (χ0) is 18.3. The monoisotopic (exact) mass is 384 g/mol. The summed E-state index contributed by atoms with van der Waals surface area (Å²) in [4.78, 5) is 19.9. The molecule has 0 aliphatic heterocycles. The number of pyridine rings is 1. The number of fused-ring (bicyclic) bond motifs is 1. The fourth-order valence-corrected chi connectivity index (χ4v) is 3.36. The average molecular weight is 385 g/mol. The molecule has 5 nitrogen and oxygen atoms in total. The van der Waals surface area contributed by atoms with E-state index in [1.165, 1.54) is 10.6 Å². The number of benzene rings is 1. The number of hydrogen-bond donors (Lipinski definition) is 1. The Labute approximate surface area is 159 Å². The van der Waals surface area contributed by atoms with Crippen LogP contribution in [0, 0.1) is 6.92 Å². The minimum absolute atomic E-state index is 0.197. The summed E-state index contributed by atoms with van der Waals surface area (Å²) in [5.41, 5.74) is 4.60. The summed E-state index contributed by atoms with van der Waals surface area (Å²) < 4.78 is 1.38. The van der Waals surface area contributed by atoms with Gasteiger partial charge in [0.05, 0.1) is 21.4 Å². The van der Waals surface area contributed by atoms with Crippen molar-refractivity contribution in [1.29, 1.82) is 0 Å². The van der Waals surface area contributed by atoms with Gasteiger partial charge >= 0.3 is 0 Å². The Bertz CT molecular complexity index is 1170. The summed E-state index contributed by atoms with van der Waals surface area (Å²) in [6.45, 7) is 1.88. The van der Waals surface area contributed by atoms with Gasteiger partial charge in [0.1, 0.15) is 5.65 Å². The van der Waals surface area contributed by atoms with E-state index in [2.05, 4.69) is 15.1 Å². The van der Waals surface area contributed by atoms with Gasteiger partial charge in [0.2, 0.25) is 0 Å². The standard InChI is InChI=1S/C19H14Cl2N4O/c1-11-14(9-13-3-2-4-15(20)18(13)21)19-23-16(10-17(26)25(19)24-11)12-5-7-22-8-6-12/h2-8,10,23H,9H2,1H3. The second kappa shape index (κ2) is 6.59. The van der Waals surface area contributed by atoms with Crippen LogP contribution in [0.1, 0.15) is 16.8 Å². The van der Waals surface area contributed by atoms with Crippen LogP contribution in [0.25, 0.3) is 16.9 Å². The third-order valence-corrected chi connectivity index (χ3v) is 5.16. The highest BCUT2D eigenvalue weighted by Crippen LogP contribution is 2.29. The van der Waals surface area contributed by atoms with E-state index in [0.29, 0.717) is 27.8 Å². The first-order chi connectivity index (χ1) is 12.5. The number of aryl methyl sites for hydroxylation is 1. The molecule has 1 N–H and O–H groups in total. The maximum atomic E-state index is 12.5. The molecule has 4 aromatic rings. The molecule has 0 unspecified atom stereocenters. The Morgan fingerprint density at radius 2 is 1.92 bits per heavy atom. The zero-order valence-corrected chi connectivity index (χ0v) is 15.3. The molecule has 0 aliphatic carbocycles. The molecule has 0 fully saturated rings. The molecule has 0 atom stereocenters. The molecular weight excluding hydrogens is 371 g/mol. The van der Waals surface area contributed by atoms with Gasteiger partial charge in [-0.25, -0.2) is 0 Å². The van der Waals surface area contributed by atoms with Crippen molar-refractivity contribution in [1.82, 2.24) is 19.6 Å². The van der Waals surface area contributed by atoms with Crippen LogP contribution in [0.3, 0.4) is 0 Å². The molecule has 130 valence electrons. The predicted octanol–water partition coefficient (Wildman–Crippen LogP) is 4.29. The highest BCUT2D eigenvalue weighted by molar-refractivity contribution is 6.42. The highest BCUT2D eigenvalue weighted by Gasteiger charge is 2.16. The topological polar surface area (TPSA) is 63.1 Å². The van der Waals surface area contributed by atoms with Crippen LogP contribution in [0.5, 0.6) is 0 Å². The third-order valence-electron chi connectivity index (χ3n) is 4.30.